The Bertz CT molecular complexity index is 508. The predicted octanol–water partition coefficient (Wildman–Crippen LogP) is 4.72. The lowest BCUT2D eigenvalue weighted by atomic mass is 9.94. The van der Waals surface area contributed by atoms with Crippen molar-refractivity contribution in [1.29, 1.82) is 0 Å². The van der Waals surface area contributed by atoms with Crippen LogP contribution in [0.3, 0.4) is 0 Å². The molecule has 0 saturated heterocycles. The second-order valence-electron chi connectivity index (χ2n) is 4.71. The van der Waals surface area contributed by atoms with Crippen molar-refractivity contribution in [3.8, 4) is 11.1 Å². The lowest BCUT2D eigenvalue weighted by molar-refractivity contribution is 1.32. The molecule has 94 valence electrons. The Kier molecular flexibility index (Phi) is 4.55. The molecule has 0 heterocycles. The van der Waals surface area contributed by atoms with Gasteiger partial charge in [-0.2, -0.15) is 0 Å². The zero-order valence-electron chi connectivity index (χ0n) is 11.0. The summed E-state index contributed by atoms with van der Waals surface area (Å²) in [7, 11) is 5.56. The molecule has 0 fully saturated rings. The van der Waals surface area contributed by atoms with Crippen molar-refractivity contribution < 1.29 is 0 Å². The number of aryl methyl sites for hydroxylation is 2. The zero-order chi connectivity index (χ0) is 13.1. The fourth-order valence-electron chi connectivity index (χ4n) is 2.31. The van der Waals surface area contributed by atoms with E-state index in [1.54, 1.807) is 0 Å². The second kappa shape index (κ2) is 5.96. The van der Waals surface area contributed by atoms with Crippen LogP contribution in [0.15, 0.2) is 36.4 Å². The standard InChI is InChI=1S/C16H20P2/c1-11-7-13(9-17)3-5-15(11)16-6-4-14(10-18)8-12(16)2/h3-8H,9-10,17-18H2,1-2H3. The Morgan fingerprint density at radius 3 is 1.39 bits per heavy atom. The first-order valence-electron chi connectivity index (χ1n) is 6.25. The molecule has 2 aromatic carbocycles. The van der Waals surface area contributed by atoms with E-state index in [0.29, 0.717) is 0 Å². The van der Waals surface area contributed by atoms with Crippen molar-refractivity contribution in [3.05, 3.63) is 58.7 Å². The van der Waals surface area contributed by atoms with E-state index in [-0.39, 0.29) is 0 Å². The van der Waals surface area contributed by atoms with Crippen LogP contribution in [-0.4, -0.2) is 0 Å². The van der Waals surface area contributed by atoms with Crippen LogP contribution >= 0.6 is 18.5 Å². The summed E-state index contributed by atoms with van der Waals surface area (Å²) >= 11 is 0. The van der Waals surface area contributed by atoms with Gasteiger partial charge in [-0.1, -0.05) is 36.4 Å². The van der Waals surface area contributed by atoms with Gasteiger partial charge in [0.25, 0.3) is 0 Å². The molecule has 18 heavy (non-hydrogen) atoms. The minimum Gasteiger partial charge on any atom is -0.133 e. The van der Waals surface area contributed by atoms with Gasteiger partial charge in [0.1, 0.15) is 0 Å². The maximum Gasteiger partial charge on any atom is -0.0128 e. The van der Waals surface area contributed by atoms with Crippen LogP contribution in [0.5, 0.6) is 0 Å². The molecule has 2 aromatic rings. The maximum absolute atomic E-state index is 2.78. The molecule has 0 aromatic heterocycles. The molecular weight excluding hydrogens is 254 g/mol. The van der Waals surface area contributed by atoms with Crippen LogP contribution < -0.4 is 0 Å². The Balaban J connectivity index is 2.48. The van der Waals surface area contributed by atoms with Crippen LogP contribution in [0.1, 0.15) is 22.3 Å². The van der Waals surface area contributed by atoms with Crippen LogP contribution in [-0.2, 0) is 12.3 Å². The summed E-state index contributed by atoms with van der Waals surface area (Å²) in [6, 6.07) is 13.5. The first-order valence-corrected chi connectivity index (χ1v) is 7.88. The van der Waals surface area contributed by atoms with Gasteiger partial charge >= 0.3 is 0 Å². The maximum atomic E-state index is 2.78. The third kappa shape index (κ3) is 2.82. The fourth-order valence-corrected chi connectivity index (χ4v) is 2.82. The number of rotatable bonds is 3. The van der Waals surface area contributed by atoms with Gasteiger partial charge in [-0.05, 0) is 59.6 Å². The highest BCUT2D eigenvalue weighted by Crippen LogP contribution is 2.28. The molecule has 0 saturated carbocycles. The molecule has 0 amide bonds. The topological polar surface area (TPSA) is 0 Å². The van der Waals surface area contributed by atoms with Gasteiger partial charge in [0.15, 0.2) is 0 Å². The van der Waals surface area contributed by atoms with Crippen LogP contribution in [0.2, 0.25) is 0 Å². The molecule has 2 rings (SSSR count). The molecule has 2 atom stereocenters. The summed E-state index contributed by atoms with van der Waals surface area (Å²) in [5.41, 5.74) is 8.17. The van der Waals surface area contributed by atoms with Gasteiger partial charge in [-0.15, -0.1) is 18.5 Å². The van der Waals surface area contributed by atoms with Crippen molar-refractivity contribution in [1.82, 2.24) is 0 Å². The van der Waals surface area contributed by atoms with E-state index >= 15 is 0 Å². The zero-order valence-corrected chi connectivity index (χ0v) is 13.3. The van der Waals surface area contributed by atoms with E-state index in [9.17, 15) is 0 Å². The average molecular weight is 274 g/mol. The summed E-state index contributed by atoms with van der Waals surface area (Å²) in [6.07, 6.45) is 2.04. The molecule has 0 radical (unpaired) electrons. The Labute approximate surface area is 115 Å². The molecule has 2 heteroatoms. The normalized spacial score (nSPS) is 10.7. The third-order valence-electron chi connectivity index (χ3n) is 3.34. The van der Waals surface area contributed by atoms with Crippen molar-refractivity contribution in [2.45, 2.75) is 26.2 Å². The highest BCUT2D eigenvalue weighted by atomic mass is 31.0. The summed E-state index contributed by atoms with van der Waals surface area (Å²) < 4.78 is 0. The van der Waals surface area contributed by atoms with Crippen molar-refractivity contribution in [3.63, 3.8) is 0 Å². The molecule has 2 unspecified atom stereocenters. The summed E-state index contributed by atoms with van der Waals surface area (Å²) in [5.74, 6) is 0. The highest BCUT2D eigenvalue weighted by molar-refractivity contribution is 7.15. The van der Waals surface area contributed by atoms with Gasteiger partial charge in [0.2, 0.25) is 0 Å². The van der Waals surface area contributed by atoms with Gasteiger partial charge < -0.3 is 0 Å². The quantitative estimate of drug-likeness (QED) is 0.710. The Morgan fingerprint density at radius 2 is 1.11 bits per heavy atom. The smallest absolute Gasteiger partial charge is 0.0128 e. The van der Waals surface area contributed by atoms with E-state index in [0.717, 1.165) is 12.3 Å². The first kappa shape index (κ1) is 13.7. The summed E-state index contributed by atoms with van der Waals surface area (Å²) in [5, 5.41) is 0. The van der Waals surface area contributed by atoms with Crippen LogP contribution in [0, 0.1) is 13.8 Å². The Hall–Kier alpha value is -0.700. The van der Waals surface area contributed by atoms with E-state index < -0.39 is 0 Å². The predicted molar refractivity (Wildman–Crippen MR) is 88.2 cm³/mol. The van der Waals surface area contributed by atoms with Gasteiger partial charge in [0, 0.05) is 0 Å². The third-order valence-corrected chi connectivity index (χ3v) is 4.29. The Morgan fingerprint density at radius 1 is 0.722 bits per heavy atom. The van der Waals surface area contributed by atoms with E-state index in [4.69, 9.17) is 0 Å². The number of benzene rings is 2. The lowest BCUT2D eigenvalue weighted by Crippen LogP contribution is -1.90. The monoisotopic (exact) mass is 274 g/mol. The molecule has 0 nitrogen and oxygen atoms in total. The molecular formula is C16H20P2. The molecule has 0 aliphatic rings. The van der Waals surface area contributed by atoms with E-state index in [1.165, 1.54) is 33.4 Å². The largest absolute Gasteiger partial charge is 0.133 e. The SMILES string of the molecule is Cc1cc(CP)ccc1-c1ccc(CP)cc1C. The van der Waals surface area contributed by atoms with Gasteiger partial charge in [-0.3, -0.25) is 0 Å². The van der Waals surface area contributed by atoms with Crippen LogP contribution in [0.4, 0.5) is 0 Å². The summed E-state index contributed by atoms with van der Waals surface area (Å²) in [4.78, 5) is 0. The van der Waals surface area contributed by atoms with Crippen molar-refractivity contribution in [2.24, 2.45) is 0 Å². The van der Waals surface area contributed by atoms with E-state index in [2.05, 4.69) is 68.7 Å². The minimum absolute atomic E-state index is 1.02. The molecule has 0 aliphatic carbocycles. The number of hydrogen-bond donors (Lipinski definition) is 0. The number of hydrogen-bond acceptors (Lipinski definition) is 0. The lowest BCUT2D eigenvalue weighted by Gasteiger charge is -2.12. The van der Waals surface area contributed by atoms with Crippen LogP contribution in [0.25, 0.3) is 11.1 Å². The molecule has 0 bridgehead atoms. The molecule has 0 spiro atoms. The fraction of sp³-hybridized carbons (Fsp3) is 0.250. The average Bonchev–Trinajstić information content (AvgIpc) is 2.39. The molecule has 0 aliphatic heterocycles. The first-order chi connectivity index (χ1) is 8.65. The second-order valence-corrected chi connectivity index (χ2v) is 5.52. The highest BCUT2D eigenvalue weighted by Gasteiger charge is 2.06. The van der Waals surface area contributed by atoms with Gasteiger partial charge in [-0.25, -0.2) is 0 Å². The van der Waals surface area contributed by atoms with E-state index in [1.807, 2.05) is 0 Å². The summed E-state index contributed by atoms with van der Waals surface area (Å²) in [6.45, 7) is 4.39. The van der Waals surface area contributed by atoms with Crippen molar-refractivity contribution in [2.75, 3.05) is 0 Å². The molecule has 0 N–H and O–H groups in total. The minimum atomic E-state index is 1.02. The van der Waals surface area contributed by atoms with Crippen molar-refractivity contribution >= 4 is 18.5 Å². The van der Waals surface area contributed by atoms with Gasteiger partial charge in [0.05, 0.1) is 0 Å².